The van der Waals surface area contributed by atoms with Crippen LogP contribution in [0.15, 0.2) is 42.5 Å². The minimum atomic E-state index is -0.491. The monoisotopic (exact) mass is 288 g/mol. The van der Waals surface area contributed by atoms with Crippen LogP contribution in [-0.4, -0.2) is 19.0 Å². The van der Waals surface area contributed by atoms with E-state index in [1.165, 1.54) is 25.3 Å². The minimum absolute atomic E-state index is 0.0561. The number of halogens is 1. The summed E-state index contributed by atoms with van der Waals surface area (Å²) in [6.45, 7) is 3.87. The van der Waals surface area contributed by atoms with Crippen molar-refractivity contribution in [2.24, 2.45) is 0 Å². The van der Waals surface area contributed by atoms with E-state index in [0.29, 0.717) is 16.9 Å². The van der Waals surface area contributed by atoms with Crippen LogP contribution in [0.1, 0.15) is 29.8 Å². The van der Waals surface area contributed by atoms with Crippen LogP contribution in [0.2, 0.25) is 0 Å². The van der Waals surface area contributed by atoms with Crippen molar-refractivity contribution in [2.75, 3.05) is 7.11 Å². The Morgan fingerprint density at radius 2 is 1.67 bits per heavy atom. The summed E-state index contributed by atoms with van der Waals surface area (Å²) in [5, 5.41) is 0. The Morgan fingerprint density at radius 3 is 2.24 bits per heavy atom. The Bertz CT molecular complexity index is 633. The largest absolute Gasteiger partial charge is 0.494 e. The first-order chi connectivity index (χ1) is 10.0. The summed E-state index contributed by atoms with van der Waals surface area (Å²) in [5.74, 6) is 0.0815. The molecule has 2 aromatic rings. The summed E-state index contributed by atoms with van der Waals surface area (Å²) < 4.78 is 23.8. The molecule has 0 heterocycles. The van der Waals surface area contributed by atoms with Gasteiger partial charge in [0.05, 0.1) is 13.2 Å². The predicted octanol–water partition coefficient (Wildman–Crippen LogP) is 3.85. The lowest BCUT2D eigenvalue weighted by molar-refractivity contribution is 0.103. The first kappa shape index (κ1) is 15.0. The molecule has 3 nitrogen and oxygen atoms in total. The van der Waals surface area contributed by atoms with E-state index in [1.54, 1.807) is 24.3 Å². The summed E-state index contributed by atoms with van der Waals surface area (Å²) >= 11 is 0. The van der Waals surface area contributed by atoms with Gasteiger partial charge in [0.25, 0.3) is 0 Å². The molecule has 0 saturated carbocycles. The number of carbonyl (C=O) groups excluding carboxylic acids is 1. The minimum Gasteiger partial charge on any atom is -0.494 e. The highest BCUT2D eigenvalue weighted by Gasteiger charge is 2.12. The number of ketones is 1. The van der Waals surface area contributed by atoms with Gasteiger partial charge in [-0.15, -0.1) is 0 Å². The second-order valence-corrected chi connectivity index (χ2v) is 4.87. The molecule has 2 aromatic carbocycles. The van der Waals surface area contributed by atoms with Crippen LogP contribution >= 0.6 is 0 Å². The van der Waals surface area contributed by atoms with Crippen molar-refractivity contribution in [2.45, 2.75) is 20.0 Å². The SMILES string of the molecule is COc1cc(C(=O)c2ccc(OC(C)C)cc2)ccc1F. The maximum atomic E-state index is 13.4. The van der Waals surface area contributed by atoms with Crippen LogP contribution in [0.25, 0.3) is 0 Å². The van der Waals surface area contributed by atoms with Crippen molar-refractivity contribution in [3.63, 3.8) is 0 Å². The van der Waals surface area contributed by atoms with E-state index in [0.717, 1.165) is 0 Å². The van der Waals surface area contributed by atoms with Crippen molar-refractivity contribution in [1.29, 1.82) is 0 Å². The fourth-order valence-electron chi connectivity index (χ4n) is 1.92. The van der Waals surface area contributed by atoms with Crippen molar-refractivity contribution >= 4 is 5.78 Å². The maximum Gasteiger partial charge on any atom is 0.193 e. The summed E-state index contributed by atoms with van der Waals surface area (Å²) in [5.41, 5.74) is 0.894. The van der Waals surface area contributed by atoms with Crippen molar-refractivity contribution in [3.8, 4) is 11.5 Å². The van der Waals surface area contributed by atoms with Gasteiger partial charge in [0.1, 0.15) is 5.75 Å². The van der Waals surface area contributed by atoms with E-state index < -0.39 is 5.82 Å². The molecule has 0 unspecified atom stereocenters. The zero-order valence-corrected chi connectivity index (χ0v) is 12.2. The molecule has 0 N–H and O–H groups in total. The Kier molecular flexibility index (Phi) is 4.58. The van der Waals surface area contributed by atoms with Gasteiger partial charge in [-0.3, -0.25) is 4.79 Å². The third-order valence-electron chi connectivity index (χ3n) is 2.90. The van der Waals surface area contributed by atoms with E-state index in [4.69, 9.17) is 9.47 Å². The van der Waals surface area contributed by atoms with Crippen LogP contribution in [-0.2, 0) is 0 Å². The number of hydrogen-bond donors (Lipinski definition) is 0. The molecular formula is C17H17FO3. The fourth-order valence-corrected chi connectivity index (χ4v) is 1.92. The molecule has 0 aliphatic rings. The standard InChI is InChI=1S/C17H17FO3/c1-11(2)21-14-7-4-12(5-8-14)17(19)13-6-9-15(18)16(10-13)20-3/h4-11H,1-3H3. The second kappa shape index (κ2) is 6.39. The molecular weight excluding hydrogens is 271 g/mol. The lowest BCUT2D eigenvalue weighted by Crippen LogP contribution is -2.06. The summed E-state index contributed by atoms with van der Waals surface area (Å²) in [6, 6.07) is 10.9. The number of benzene rings is 2. The van der Waals surface area contributed by atoms with Gasteiger partial charge in [-0.2, -0.15) is 0 Å². The van der Waals surface area contributed by atoms with E-state index in [9.17, 15) is 9.18 Å². The second-order valence-electron chi connectivity index (χ2n) is 4.87. The van der Waals surface area contributed by atoms with E-state index in [2.05, 4.69) is 0 Å². The molecule has 0 atom stereocenters. The van der Waals surface area contributed by atoms with E-state index >= 15 is 0 Å². The smallest absolute Gasteiger partial charge is 0.193 e. The van der Waals surface area contributed by atoms with Crippen LogP contribution in [0.4, 0.5) is 4.39 Å². The Balaban J connectivity index is 2.23. The molecule has 0 saturated heterocycles. The lowest BCUT2D eigenvalue weighted by Gasteiger charge is -2.10. The van der Waals surface area contributed by atoms with Gasteiger partial charge in [-0.25, -0.2) is 4.39 Å². The average Bonchev–Trinajstić information content (AvgIpc) is 2.47. The third-order valence-corrected chi connectivity index (χ3v) is 2.90. The Hall–Kier alpha value is -2.36. The van der Waals surface area contributed by atoms with E-state index in [-0.39, 0.29) is 17.6 Å². The van der Waals surface area contributed by atoms with Crippen LogP contribution in [0.3, 0.4) is 0 Å². The van der Waals surface area contributed by atoms with Crippen molar-refractivity contribution < 1.29 is 18.7 Å². The van der Waals surface area contributed by atoms with Crippen molar-refractivity contribution in [3.05, 3.63) is 59.4 Å². The Morgan fingerprint density at radius 1 is 1.05 bits per heavy atom. The highest BCUT2D eigenvalue weighted by Crippen LogP contribution is 2.21. The van der Waals surface area contributed by atoms with Gasteiger partial charge in [-0.05, 0) is 56.3 Å². The van der Waals surface area contributed by atoms with Crippen LogP contribution < -0.4 is 9.47 Å². The summed E-state index contributed by atoms with van der Waals surface area (Å²) in [6.07, 6.45) is 0.0768. The summed E-state index contributed by atoms with van der Waals surface area (Å²) in [4.78, 5) is 12.3. The molecule has 2 rings (SSSR count). The number of carbonyl (C=O) groups is 1. The van der Waals surface area contributed by atoms with Gasteiger partial charge in [0.15, 0.2) is 17.3 Å². The molecule has 0 amide bonds. The van der Waals surface area contributed by atoms with Gasteiger partial charge in [0, 0.05) is 11.1 Å². The number of methoxy groups -OCH3 is 1. The molecule has 0 spiro atoms. The summed E-state index contributed by atoms with van der Waals surface area (Å²) in [7, 11) is 1.37. The van der Waals surface area contributed by atoms with Gasteiger partial charge in [-0.1, -0.05) is 0 Å². The zero-order valence-electron chi connectivity index (χ0n) is 12.2. The number of hydrogen-bond acceptors (Lipinski definition) is 3. The molecule has 0 aliphatic carbocycles. The molecule has 21 heavy (non-hydrogen) atoms. The molecule has 0 radical (unpaired) electrons. The predicted molar refractivity (Wildman–Crippen MR) is 78.6 cm³/mol. The van der Waals surface area contributed by atoms with Gasteiger partial charge >= 0.3 is 0 Å². The van der Waals surface area contributed by atoms with Crippen LogP contribution in [0, 0.1) is 5.82 Å². The molecule has 0 fully saturated rings. The molecule has 0 bridgehead atoms. The topological polar surface area (TPSA) is 35.5 Å². The number of rotatable bonds is 5. The maximum absolute atomic E-state index is 13.4. The average molecular weight is 288 g/mol. The molecule has 0 aliphatic heterocycles. The number of ether oxygens (including phenoxy) is 2. The van der Waals surface area contributed by atoms with Crippen LogP contribution in [0.5, 0.6) is 11.5 Å². The highest BCUT2D eigenvalue weighted by molar-refractivity contribution is 6.09. The quantitative estimate of drug-likeness (QED) is 0.784. The van der Waals surface area contributed by atoms with Gasteiger partial charge < -0.3 is 9.47 Å². The third kappa shape index (κ3) is 3.60. The van der Waals surface area contributed by atoms with Gasteiger partial charge in [0.2, 0.25) is 0 Å². The highest BCUT2D eigenvalue weighted by atomic mass is 19.1. The molecule has 110 valence electrons. The normalized spacial score (nSPS) is 10.5. The molecule has 4 heteroatoms. The fraction of sp³-hybridized carbons (Fsp3) is 0.235. The first-order valence-electron chi connectivity index (χ1n) is 6.66. The van der Waals surface area contributed by atoms with Crippen molar-refractivity contribution in [1.82, 2.24) is 0 Å². The Labute approximate surface area is 123 Å². The lowest BCUT2D eigenvalue weighted by atomic mass is 10.0. The molecule has 0 aromatic heterocycles. The first-order valence-corrected chi connectivity index (χ1v) is 6.66. The zero-order chi connectivity index (χ0) is 15.4. The van der Waals surface area contributed by atoms with E-state index in [1.807, 2.05) is 13.8 Å².